The maximum absolute atomic E-state index is 5.69. The number of ether oxygens (including phenoxy) is 2. The highest BCUT2D eigenvalue weighted by atomic mass is 32.2. The second kappa shape index (κ2) is 8.41. The molecular weight excluding hydrogens is 396 g/mol. The second-order valence-electron chi connectivity index (χ2n) is 5.59. The Morgan fingerprint density at radius 1 is 1.11 bits per heavy atom. The summed E-state index contributed by atoms with van der Waals surface area (Å²) in [5.41, 5.74) is 2.62. The topological polar surface area (TPSA) is 83.2 Å². The van der Waals surface area contributed by atoms with E-state index in [4.69, 9.17) is 18.9 Å². The molecule has 28 heavy (non-hydrogen) atoms. The van der Waals surface area contributed by atoms with Crippen molar-refractivity contribution >= 4 is 23.1 Å². The molecule has 4 rings (SSSR count). The molecule has 0 amide bonds. The molecule has 0 aliphatic heterocycles. The summed E-state index contributed by atoms with van der Waals surface area (Å²) in [4.78, 5) is 8.77. The molecule has 0 N–H and O–H groups in total. The first-order valence-electron chi connectivity index (χ1n) is 8.31. The van der Waals surface area contributed by atoms with Crippen molar-refractivity contribution in [1.82, 2.24) is 20.2 Å². The van der Waals surface area contributed by atoms with Gasteiger partial charge in [0.05, 0.1) is 31.0 Å². The van der Waals surface area contributed by atoms with Gasteiger partial charge in [0.25, 0.3) is 5.22 Å². The Kier molecular flexibility index (Phi) is 5.54. The van der Waals surface area contributed by atoms with E-state index in [1.165, 1.54) is 11.8 Å². The van der Waals surface area contributed by atoms with E-state index in [1.807, 2.05) is 35.7 Å². The predicted molar refractivity (Wildman–Crippen MR) is 108 cm³/mol. The van der Waals surface area contributed by atoms with Gasteiger partial charge in [0.2, 0.25) is 5.89 Å². The van der Waals surface area contributed by atoms with E-state index in [0.29, 0.717) is 28.4 Å². The lowest BCUT2D eigenvalue weighted by Gasteiger charge is -2.10. The van der Waals surface area contributed by atoms with Crippen LogP contribution in [0, 0.1) is 0 Å². The van der Waals surface area contributed by atoms with Gasteiger partial charge in [0, 0.05) is 23.5 Å². The minimum atomic E-state index is 0.454. The van der Waals surface area contributed by atoms with E-state index in [1.54, 1.807) is 38.0 Å². The molecule has 0 fully saturated rings. The monoisotopic (exact) mass is 412 g/mol. The summed E-state index contributed by atoms with van der Waals surface area (Å²) in [5.74, 6) is 2.43. The molecule has 0 atom stereocenters. The van der Waals surface area contributed by atoms with Crippen molar-refractivity contribution in [3.8, 4) is 33.5 Å². The average molecular weight is 412 g/mol. The van der Waals surface area contributed by atoms with Gasteiger partial charge in [-0.1, -0.05) is 17.8 Å². The standard InChI is InChI=1S/C19H16N4O3S2/c1-24-15-7-3-6-14(16(15)25-2)18-21-13(10-27-18)11-28-19-23-22-17(26-19)12-5-4-8-20-9-12/h3-10H,11H2,1-2H3. The van der Waals surface area contributed by atoms with Crippen molar-refractivity contribution in [2.45, 2.75) is 11.0 Å². The first-order valence-corrected chi connectivity index (χ1v) is 10.2. The van der Waals surface area contributed by atoms with Gasteiger partial charge in [-0.2, -0.15) is 0 Å². The number of nitrogens with zero attached hydrogens (tertiary/aromatic N) is 4. The quantitative estimate of drug-likeness (QED) is 0.408. The molecule has 0 radical (unpaired) electrons. The average Bonchev–Trinajstić information content (AvgIpc) is 3.42. The van der Waals surface area contributed by atoms with Crippen LogP contribution in [0.3, 0.4) is 0 Å². The largest absolute Gasteiger partial charge is 0.493 e. The van der Waals surface area contributed by atoms with Gasteiger partial charge in [-0.25, -0.2) is 4.98 Å². The van der Waals surface area contributed by atoms with Crippen molar-refractivity contribution in [2.24, 2.45) is 0 Å². The van der Waals surface area contributed by atoms with E-state index in [0.717, 1.165) is 21.8 Å². The van der Waals surface area contributed by atoms with Crippen molar-refractivity contribution in [3.63, 3.8) is 0 Å². The van der Waals surface area contributed by atoms with Gasteiger partial charge in [-0.15, -0.1) is 21.5 Å². The van der Waals surface area contributed by atoms with Crippen LogP contribution in [-0.4, -0.2) is 34.4 Å². The highest BCUT2D eigenvalue weighted by molar-refractivity contribution is 7.98. The third kappa shape index (κ3) is 3.85. The lowest BCUT2D eigenvalue weighted by atomic mass is 10.2. The van der Waals surface area contributed by atoms with Crippen LogP contribution < -0.4 is 9.47 Å². The summed E-state index contributed by atoms with van der Waals surface area (Å²) in [5, 5.41) is 11.5. The maximum Gasteiger partial charge on any atom is 0.277 e. The molecule has 142 valence electrons. The summed E-state index contributed by atoms with van der Waals surface area (Å²) in [7, 11) is 3.25. The van der Waals surface area contributed by atoms with Crippen molar-refractivity contribution in [2.75, 3.05) is 14.2 Å². The number of thiazole rings is 1. The summed E-state index contributed by atoms with van der Waals surface area (Å²) >= 11 is 3.00. The molecule has 7 nitrogen and oxygen atoms in total. The number of hydrogen-bond acceptors (Lipinski definition) is 9. The van der Waals surface area contributed by atoms with E-state index >= 15 is 0 Å². The van der Waals surface area contributed by atoms with Crippen LogP contribution in [0.5, 0.6) is 11.5 Å². The normalized spacial score (nSPS) is 10.8. The van der Waals surface area contributed by atoms with Crippen LogP contribution in [0.1, 0.15) is 5.69 Å². The zero-order valence-corrected chi connectivity index (χ0v) is 16.8. The zero-order valence-electron chi connectivity index (χ0n) is 15.2. The molecule has 0 aliphatic carbocycles. The third-order valence-electron chi connectivity index (χ3n) is 3.84. The summed E-state index contributed by atoms with van der Waals surface area (Å²) < 4.78 is 16.6. The van der Waals surface area contributed by atoms with Crippen LogP contribution in [0.25, 0.3) is 22.0 Å². The summed E-state index contributed by atoms with van der Waals surface area (Å²) in [6, 6.07) is 9.46. The van der Waals surface area contributed by atoms with Gasteiger partial charge in [-0.3, -0.25) is 4.98 Å². The number of methoxy groups -OCH3 is 2. The van der Waals surface area contributed by atoms with Crippen LogP contribution >= 0.6 is 23.1 Å². The first-order chi connectivity index (χ1) is 13.8. The Balaban J connectivity index is 1.47. The third-order valence-corrected chi connectivity index (χ3v) is 5.62. The van der Waals surface area contributed by atoms with E-state index in [-0.39, 0.29) is 0 Å². The van der Waals surface area contributed by atoms with Crippen molar-refractivity contribution < 1.29 is 13.9 Å². The molecule has 3 aromatic heterocycles. The SMILES string of the molecule is COc1cccc(-c2nc(CSc3nnc(-c4cccnc4)o3)cs2)c1OC. The highest BCUT2D eigenvalue weighted by Gasteiger charge is 2.15. The van der Waals surface area contributed by atoms with E-state index < -0.39 is 0 Å². The number of para-hydroxylation sites is 1. The minimum Gasteiger partial charge on any atom is -0.493 e. The Bertz CT molecular complexity index is 1070. The Morgan fingerprint density at radius 2 is 2.04 bits per heavy atom. The van der Waals surface area contributed by atoms with Gasteiger partial charge < -0.3 is 13.9 Å². The highest BCUT2D eigenvalue weighted by Crippen LogP contribution is 2.39. The Labute approximate surface area is 169 Å². The molecule has 9 heteroatoms. The minimum absolute atomic E-state index is 0.454. The number of rotatable bonds is 7. The molecule has 0 spiro atoms. The number of pyridine rings is 1. The van der Waals surface area contributed by atoms with Gasteiger partial charge >= 0.3 is 0 Å². The fraction of sp³-hybridized carbons (Fsp3) is 0.158. The Morgan fingerprint density at radius 3 is 2.82 bits per heavy atom. The zero-order chi connectivity index (χ0) is 19.3. The number of aromatic nitrogens is 4. The molecule has 1 aromatic carbocycles. The maximum atomic E-state index is 5.69. The lowest BCUT2D eigenvalue weighted by molar-refractivity contribution is 0.356. The second-order valence-corrected chi connectivity index (χ2v) is 7.37. The lowest BCUT2D eigenvalue weighted by Crippen LogP contribution is -1.93. The van der Waals surface area contributed by atoms with Crippen molar-refractivity contribution in [3.05, 3.63) is 53.8 Å². The van der Waals surface area contributed by atoms with Gasteiger partial charge in [0.15, 0.2) is 11.5 Å². The van der Waals surface area contributed by atoms with Crippen molar-refractivity contribution in [1.29, 1.82) is 0 Å². The number of benzene rings is 1. The molecule has 4 aromatic rings. The Hall–Kier alpha value is -2.91. The van der Waals surface area contributed by atoms with E-state index in [2.05, 4.69) is 15.2 Å². The van der Waals surface area contributed by atoms with Gasteiger partial charge in [-0.05, 0) is 24.3 Å². The van der Waals surface area contributed by atoms with Crippen LogP contribution in [0.4, 0.5) is 0 Å². The molecule has 0 saturated heterocycles. The molecular formula is C19H16N4O3S2. The molecule has 0 bridgehead atoms. The van der Waals surface area contributed by atoms with Crippen LogP contribution in [0.2, 0.25) is 0 Å². The van der Waals surface area contributed by atoms with E-state index in [9.17, 15) is 0 Å². The smallest absolute Gasteiger partial charge is 0.277 e. The number of hydrogen-bond donors (Lipinski definition) is 0. The predicted octanol–water partition coefficient (Wildman–Crippen LogP) is 4.56. The first kappa shape index (κ1) is 18.5. The molecule has 3 heterocycles. The van der Waals surface area contributed by atoms with Gasteiger partial charge in [0.1, 0.15) is 5.01 Å². The fourth-order valence-electron chi connectivity index (χ4n) is 2.56. The summed E-state index contributed by atoms with van der Waals surface area (Å²) in [6.07, 6.45) is 3.39. The fourth-order valence-corrected chi connectivity index (χ4v) is 4.16. The van der Waals surface area contributed by atoms with Crippen LogP contribution in [-0.2, 0) is 5.75 Å². The number of thioether (sulfide) groups is 1. The molecule has 0 saturated carbocycles. The summed E-state index contributed by atoms with van der Waals surface area (Å²) in [6.45, 7) is 0. The van der Waals surface area contributed by atoms with Crippen LogP contribution in [0.15, 0.2) is 57.7 Å². The molecule has 0 unspecified atom stereocenters. The molecule has 0 aliphatic rings.